The predicted molar refractivity (Wildman–Crippen MR) is 79.8 cm³/mol. The average Bonchev–Trinajstić information content (AvgIpc) is 3.02. The first-order valence-corrected chi connectivity index (χ1v) is 7.72. The Morgan fingerprint density at radius 1 is 1.40 bits per heavy atom. The third-order valence-electron chi connectivity index (χ3n) is 3.80. The molecule has 1 saturated carbocycles. The van der Waals surface area contributed by atoms with E-state index in [9.17, 15) is 4.39 Å². The number of ether oxygens (including phenoxy) is 1. The van der Waals surface area contributed by atoms with Crippen molar-refractivity contribution in [3.63, 3.8) is 0 Å². The average molecular weight is 291 g/mol. The summed E-state index contributed by atoms with van der Waals surface area (Å²) in [5.41, 5.74) is 1.01. The molecule has 2 aromatic rings. The van der Waals surface area contributed by atoms with Gasteiger partial charge in [0.2, 0.25) is 0 Å². The van der Waals surface area contributed by atoms with E-state index in [0.29, 0.717) is 11.8 Å². The number of halogens is 1. The van der Waals surface area contributed by atoms with Crippen LogP contribution in [0.2, 0.25) is 0 Å². The quantitative estimate of drug-likeness (QED) is 0.874. The molecule has 1 aliphatic rings. The zero-order valence-corrected chi connectivity index (χ0v) is 12.3. The van der Waals surface area contributed by atoms with E-state index in [1.807, 2.05) is 0 Å². The second-order valence-electron chi connectivity index (χ2n) is 5.20. The van der Waals surface area contributed by atoms with Crippen LogP contribution in [0.15, 0.2) is 35.7 Å². The van der Waals surface area contributed by atoms with Gasteiger partial charge in [-0.05, 0) is 54.4 Å². The molecule has 1 N–H and O–H groups in total. The van der Waals surface area contributed by atoms with Crippen LogP contribution in [0.5, 0.6) is 5.75 Å². The van der Waals surface area contributed by atoms with E-state index in [-0.39, 0.29) is 5.82 Å². The fourth-order valence-corrected chi connectivity index (χ4v) is 3.32. The van der Waals surface area contributed by atoms with Crippen LogP contribution in [0.1, 0.15) is 22.8 Å². The van der Waals surface area contributed by atoms with Gasteiger partial charge in [-0.3, -0.25) is 0 Å². The van der Waals surface area contributed by atoms with Crippen LogP contribution in [-0.4, -0.2) is 13.7 Å². The highest BCUT2D eigenvalue weighted by atomic mass is 32.1. The van der Waals surface area contributed by atoms with Gasteiger partial charge in [0.25, 0.3) is 0 Å². The van der Waals surface area contributed by atoms with Gasteiger partial charge in [-0.2, -0.15) is 0 Å². The molecule has 1 aliphatic carbocycles. The summed E-state index contributed by atoms with van der Waals surface area (Å²) in [6.45, 7) is 1.89. The molecule has 106 valence electrons. The molecular formula is C16H18FNOS. The Morgan fingerprint density at radius 3 is 3.05 bits per heavy atom. The maximum atomic E-state index is 13.4. The van der Waals surface area contributed by atoms with E-state index >= 15 is 0 Å². The molecule has 3 rings (SSSR count). The smallest absolute Gasteiger partial charge is 0.123 e. The molecule has 0 radical (unpaired) electrons. The summed E-state index contributed by atoms with van der Waals surface area (Å²) in [4.78, 5) is 1.35. The standard InChI is InChI=1S/C16H18FNOS/c1-19-16-5-4-12(17)8-15(16)14-7-11(14)9-18-10-13-3-2-6-20-13/h2-6,8,11,14,18H,7,9-10H2,1H3/t11-,14+/m1/s1. The zero-order chi connectivity index (χ0) is 13.9. The summed E-state index contributed by atoms with van der Waals surface area (Å²) in [6, 6.07) is 8.99. The maximum Gasteiger partial charge on any atom is 0.123 e. The van der Waals surface area contributed by atoms with Crippen LogP contribution in [0.4, 0.5) is 4.39 Å². The molecule has 0 saturated heterocycles. The lowest BCUT2D eigenvalue weighted by atomic mass is 10.1. The first-order valence-electron chi connectivity index (χ1n) is 6.84. The third kappa shape index (κ3) is 3.02. The Balaban J connectivity index is 1.55. The normalized spacial score (nSPS) is 20.9. The van der Waals surface area contributed by atoms with E-state index in [0.717, 1.165) is 30.8 Å². The molecule has 4 heteroatoms. The second kappa shape index (κ2) is 5.94. The molecule has 0 aliphatic heterocycles. The van der Waals surface area contributed by atoms with E-state index < -0.39 is 0 Å². The summed E-state index contributed by atoms with van der Waals surface area (Å²) >= 11 is 1.77. The summed E-state index contributed by atoms with van der Waals surface area (Å²) in [5, 5.41) is 5.57. The summed E-state index contributed by atoms with van der Waals surface area (Å²) < 4.78 is 18.7. The third-order valence-corrected chi connectivity index (χ3v) is 4.68. The van der Waals surface area contributed by atoms with E-state index in [1.54, 1.807) is 30.6 Å². The predicted octanol–water partition coefficient (Wildman–Crippen LogP) is 3.79. The zero-order valence-electron chi connectivity index (χ0n) is 11.4. The maximum absolute atomic E-state index is 13.4. The summed E-state index contributed by atoms with van der Waals surface area (Å²) in [6.07, 6.45) is 1.11. The van der Waals surface area contributed by atoms with Crippen LogP contribution >= 0.6 is 11.3 Å². The van der Waals surface area contributed by atoms with Crippen LogP contribution < -0.4 is 10.1 Å². The molecule has 0 unspecified atom stereocenters. The minimum absolute atomic E-state index is 0.182. The van der Waals surface area contributed by atoms with Crippen molar-refractivity contribution >= 4 is 11.3 Å². The number of nitrogens with one attached hydrogen (secondary N) is 1. The lowest BCUT2D eigenvalue weighted by molar-refractivity contribution is 0.407. The van der Waals surface area contributed by atoms with Crippen LogP contribution in [0.3, 0.4) is 0 Å². The SMILES string of the molecule is COc1ccc(F)cc1[C@H]1C[C@@H]1CNCc1cccs1. The van der Waals surface area contributed by atoms with Gasteiger partial charge in [-0.15, -0.1) is 11.3 Å². The molecule has 1 aromatic heterocycles. The van der Waals surface area contributed by atoms with Crippen molar-refractivity contribution in [2.75, 3.05) is 13.7 Å². The molecule has 20 heavy (non-hydrogen) atoms. The minimum Gasteiger partial charge on any atom is -0.496 e. The highest BCUT2D eigenvalue weighted by Crippen LogP contribution is 2.50. The molecule has 0 bridgehead atoms. The van der Waals surface area contributed by atoms with Crippen molar-refractivity contribution in [3.05, 3.63) is 52.0 Å². The fraction of sp³-hybridized carbons (Fsp3) is 0.375. The van der Waals surface area contributed by atoms with Gasteiger partial charge in [-0.25, -0.2) is 4.39 Å². The lowest BCUT2D eigenvalue weighted by Gasteiger charge is -2.08. The molecule has 1 aromatic carbocycles. The highest BCUT2D eigenvalue weighted by molar-refractivity contribution is 7.09. The van der Waals surface area contributed by atoms with Gasteiger partial charge in [0, 0.05) is 17.0 Å². The largest absolute Gasteiger partial charge is 0.496 e. The summed E-state index contributed by atoms with van der Waals surface area (Å²) in [7, 11) is 1.64. The number of benzene rings is 1. The van der Waals surface area contributed by atoms with Gasteiger partial charge in [0.1, 0.15) is 11.6 Å². The highest BCUT2D eigenvalue weighted by Gasteiger charge is 2.39. The van der Waals surface area contributed by atoms with Gasteiger partial charge in [0.05, 0.1) is 7.11 Å². The Labute approximate surface area is 122 Å². The molecule has 1 heterocycles. The molecule has 2 atom stereocenters. The van der Waals surface area contributed by atoms with E-state index in [1.165, 1.54) is 10.9 Å². The molecule has 1 fully saturated rings. The van der Waals surface area contributed by atoms with Crippen molar-refractivity contribution in [1.29, 1.82) is 0 Å². The fourth-order valence-electron chi connectivity index (χ4n) is 2.64. The van der Waals surface area contributed by atoms with E-state index in [2.05, 4.69) is 22.8 Å². The van der Waals surface area contributed by atoms with Crippen molar-refractivity contribution < 1.29 is 9.13 Å². The molecular weight excluding hydrogens is 273 g/mol. The van der Waals surface area contributed by atoms with Crippen molar-refractivity contribution in [3.8, 4) is 5.75 Å². The Bertz CT molecular complexity index is 570. The number of methoxy groups -OCH3 is 1. The van der Waals surface area contributed by atoms with Crippen molar-refractivity contribution in [2.24, 2.45) is 5.92 Å². The molecule has 0 spiro atoms. The van der Waals surface area contributed by atoms with Crippen molar-refractivity contribution in [2.45, 2.75) is 18.9 Å². The van der Waals surface area contributed by atoms with E-state index in [4.69, 9.17) is 4.74 Å². The second-order valence-corrected chi connectivity index (χ2v) is 6.23. The Morgan fingerprint density at radius 2 is 2.30 bits per heavy atom. The topological polar surface area (TPSA) is 21.3 Å². The van der Waals surface area contributed by atoms with Gasteiger partial charge < -0.3 is 10.1 Å². The van der Waals surface area contributed by atoms with Crippen LogP contribution in [0.25, 0.3) is 0 Å². The van der Waals surface area contributed by atoms with Gasteiger partial charge >= 0.3 is 0 Å². The van der Waals surface area contributed by atoms with Crippen LogP contribution in [-0.2, 0) is 6.54 Å². The minimum atomic E-state index is -0.182. The number of hydrogen-bond acceptors (Lipinski definition) is 3. The summed E-state index contributed by atoms with van der Waals surface area (Å²) in [5.74, 6) is 1.64. The molecule has 0 amide bonds. The lowest BCUT2D eigenvalue weighted by Crippen LogP contribution is -2.16. The molecule has 2 nitrogen and oxygen atoms in total. The van der Waals surface area contributed by atoms with Gasteiger partial charge in [-0.1, -0.05) is 6.07 Å². The first kappa shape index (κ1) is 13.6. The van der Waals surface area contributed by atoms with Crippen molar-refractivity contribution in [1.82, 2.24) is 5.32 Å². The Kier molecular flexibility index (Phi) is 4.03. The van der Waals surface area contributed by atoms with Gasteiger partial charge in [0.15, 0.2) is 0 Å². The number of hydrogen-bond donors (Lipinski definition) is 1. The first-order chi connectivity index (χ1) is 9.78. The number of thiophene rings is 1. The Hall–Kier alpha value is -1.39. The number of rotatable bonds is 6. The van der Waals surface area contributed by atoms with Crippen LogP contribution in [0, 0.1) is 11.7 Å². The monoisotopic (exact) mass is 291 g/mol.